The molecule has 0 aliphatic heterocycles. The summed E-state index contributed by atoms with van der Waals surface area (Å²) < 4.78 is 41.7. The van der Waals surface area contributed by atoms with Gasteiger partial charge in [-0.3, -0.25) is 4.79 Å². The molecule has 1 aromatic carbocycles. The van der Waals surface area contributed by atoms with E-state index in [1.165, 1.54) is 11.9 Å². The standard InChI is InChI=1S/C19H19ClF3N3O/c1-25-18(23)15(16(24-25)17(21)22)19(27)26(13-5-6-13)9-11-8-12(20)4-7-14(11)10-2-3-10/h4,7-8,10,13,17H,2-3,5-6,9H2,1H3. The topological polar surface area (TPSA) is 38.1 Å². The van der Waals surface area contributed by atoms with Gasteiger partial charge in [-0.1, -0.05) is 17.7 Å². The van der Waals surface area contributed by atoms with Crippen LogP contribution in [0.3, 0.4) is 0 Å². The zero-order chi connectivity index (χ0) is 19.3. The molecule has 2 aromatic rings. The highest BCUT2D eigenvalue weighted by molar-refractivity contribution is 6.30. The van der Waals surface area contributed by atoms with Crippen LogP contribution in [0.15, 0.2) is 18.2 Å². The molecule has 8 heteroatoms. The number of carbonyl (C=O) groups is 1. The van der Waals surface area contributed by atoms with Crippen LogP contribution in [-0.2, 0) is 13.6 Å². The minimum Gasteiger partial charge on any atom is -0.331 e. The molecular formula is C19H19ClF3N3O. The third-order valence-corrected chi connectivity index (χ3v) is 5.37. The minimum atomic E-state index is -3.02. The minimum absolute atomic E-state index is 0.0753. The Balaban J connectivity index is 1.69. The van der Waals surface area contributed by atoms with Crippen LogP contribution < -0.4 is 0 Å². The zero-order valence-electron chi connectivity index (χ0n) is 14.8. The van der Waals surface area contributed by atoms with Gasteiger partial charge in [-0.15, -0.1) is 0 Å². The molecular weight excluding hydrogens is 379 g/mol. The zero-order valence-corrected chi connectivity index (χ0v) is 15.5. The summed E-state index contributed by atoms with van der Waals surface area (Å²) >= 11 is 6.14. The number of alkyl halides is 2. The molecule has 4 nitrogen and oxygen atoms in total. The first-order chi connectivity index (χ1) is 12.9. The lowest BCUT2D eigenvalue weighted by atomic mass is 10.0. The van der Waals surface area contributed by atoms with Crippen LogP contribution in [0, 0.1) is 5.95 Å². The Morgan fingerprint density at radius 1 is 1.33 bits per heavy atom. The number of rotatable bonds is 6. The van der Waals surface area contributed by atoms with Gasteiger partial charge in [-0.2, -0.15) is 9.49 Å². The summed E-state index contributed by atoms with van der Waals surface area (Å²) in [6.07, 6.45) is 0.694. The van der Waals surface area contributed by atoms with Crippen molar-refractivity contribution in [1.29, 1.82) is 0 Å². The number of amides is 1. The van der Waals surface area contributed by atoms with Gasteiger partial charge in [0.15, 0.2) is 0 Å². The molecule has 0 N–H and O–H groups in total. The van der Waals surface area contributed by atoms with Crippen molar-refractivity contribution in [2.24, 2.45) is 7.05 Å². The fraction of sp³-hybridized carbons (Fsp3) is 0.474. The summed E-state index contributed by atoms with van der Waals surface area (Å²) in [5, 5.41) is 4.05. The van der Waals surface area contributed by atoms with Gasteiger partial charge in [-0.25, -0.2) is 13.5 Å². The number of hydrogen-bond donors (Lipinski definition) is 0. The number of hydrogen-bond acceptors (Lipinski definition) is 2. The van der Waals surface area contributed by atoms with Crippen LogP contribution in [0.5, 0.6) is 0 Å². The number of aryl methyl sites for hydroxylation is 1. The predicted molar refractivity (Wildman–Crippen MR) is 94.4 cm³/mol. The fourth-order valence-corrected chi connectivity index (χ4v) is 3.65. The van der Waals surface area contributed by atoms with Crippen molar-refractivity contribution in [3.05, 3.63) is 51.6 Å². The second-order valence-electron chi connectivity index (χ2n) is 7.26. The van der Waals surface area contributed by atoms with Crippen LogP contribution in [0.25, 0.3) is 0 Å². The molecule has 0 atom stereocenters. The molecule has 2 fully saturated rings. The van der Waals surface area contributed by atoms with Crippen molar-refractivity contribution in [1.82, 2.24) is 14.7 Å². The van der Waals surface area contributed by atoms with E-state index in [1.807, 2.05) is 18.2 Å². The molecule has 0 unspecified atom stereocenters. The smallest absolute Gasteiger partial charge is 0.283 e. The quantitative estimate of drug-likeness (QED) is 0.700. The highest BCUT2D eigenvalue weighted by Gasteiger charge is 2.39. The highest BCUT2D eigenvalue weighted by atomic mass is 35.5. The average molecular weight is 398 g/mol. The molecule has 1 amide bonds. The van der Waals surface area contributed by atoms with Gasteiger partial charge in [0.25, 0.3) is 12.3 Å². The largest absolute Gasteiger partial charge is 0.331 e. The maximum absolute atomic E-state index is 14.4. The summed E-state index contributed by atoms with van der Waals surface area (Å²) in [7, 11) is 1.21. The highest BCUT2D eigenvalue weighted by Crippen LogP contribution is 2.43. The van der Waals surface area contributed by atoms with Crippen molar-refractivity contribution in [2.45, 2.75) is 50.6 Å². The summed E-state index contributed by atoms with van der Waals surface area (Å²) in [6, 6.07) is 5.51. The van der Waals surface area contributed by atoms with Crippen LogP contribution in [0.1, 0.15) is 65.2 Å². The Hall–Kier alpha value is -2.02. The summed E-state index contributed by atoms with van der Waals surface area (Å²) in [6.45, 7) is 0.229. The van der Waals surface area contributed by atoms with E-state index in [1.54, 1.807) is 0 Å². The summed E-state index contributed by atoms with van der Waals surface area (Å²) in [5.74, 6) is -1.32. The molecule has 27 heavy (non-hydrogen) atoms. The normalized spacial score (nSPS) is 16.8. The Kier molecular flexibility index (Phi) is 4.66. The predicted octanol–water partition coefficient (Wildman–Crippen LogP) is 4.83. The Labute approximate surface area is 159 Å². The van der Waals surface area contributed by atoms with Crippen molar-refractivity contribution in [2.75, 3.05) is 0 Å². The summed E-state index contributed by atoms with van der Waals surface area (Å²) in [5.41, 5.74) is 0.584. The first-order valence-electron chi connectivity index (χ1n) is 8.96. The Morgan fingerprint density at radius 3 is 2.63 bits per heavy atom. The molecule has 0 bridgehead atoms. The molecule has 0 saturated heterocycles. The molecule has 1 heterocycles. The summed E-state index contributed by atoms with van der Waals surface area (Å²) in [4.78, 5) is 14.5. The maximum Gasteiger partial charge on any atom is 0.283 e. The number of benzene rings is 1. The number of nitrogens with zero attached hydrogens (tertiary/aromatic N) is 3. The molecule has 1 aromatic heterocycles. The molecule has 2 aliphatic rings. The fourth-order valence-electron chi connectivity index (χ4n) is 3.46. The van der Waals surface area contributed by atoms with Gasteiger partial charge in [0.2, 0.25) is 5.95 Å². The third kappa shape index (κ3) is 3.57. The first kappa shape index (κ1) is 18.3. The lowest BCUT2D eigenvalue weighted by molar-refractivity contribution is 0.0711. The van der Waals surface area contributed by atoms with E-state index in [4.69, 9.17) is 11.6 Å². The Bertz CT molecular complexity index is 891. The third-order valence-electron chi connectivity index (χ3n) is 5.14. The van der Waals surface area contributed by atoms with E-state index in [2.05, 4.69) is 5.10 Å². The van der Waals surface area contributed by atoms with Crippen LogP contribution in [-0.4, -0.2) is 26.6 Å². The van der Waals surface area contributed by atoms with Gasteiger partial charge < -0.3 is 4.90 Å². The van der Waals surface area contributed by atoms with Crippen LogP contribution >= 0.6 is 11.6 Å². The molecule has 4 rings (SSSR count). The van der Waals surface area contributed by atoms with Gasteiger partial charge in [0, 0.05) is 24.7 Å². The van der Waals surface area contributed by atoms with E-state index >= 15 is 0 Å². The molecule has 2 aliphatic carbocycles. The second kappa shape index (κ2) is 6.86. The lowest BCUT2D eigenvalue weighted by Crippen LogP contribution is -2.34. The van der Waals surface area contributed by atoms with E-state index in [9.17, 15) is 18.0 Å². The van der Waals surface area contributed by atoms with Crippen molar-refractivity contribution >= 4 is 17.5 Å². The molecule has 0 radical (unpaired) electrons. The maximum atomic E-state index is 14.4. The SMILES string of the molecule is Cn1nc(C(F)F)c(C(=O)N(Cc2cc(Cl)ccc2C2CC2)C2CC2)c1F. The second-order valence-corrected chi connectivity index (χ2v) is 7.69. The van der Waals surface area contributed by atoms with Crippen LogP contribution in [0.2, 0.25) is 5.02 Å². The van der Waals surface area contributed by atoms with Crippen molar-refractivity contribution < 1.29 is 18.0 Å². The number of aromatic nitrogens is 2. The van der Waals surface area contributed by atoms with Crippen molar-refractivity contribution in [3.8, 4) is 0 Å². The van der Waals surface area contributed by atoms with E-state index in [0.717, 1.165) is 36.8 Å². The molecule has 2 saturated carbocycles. The van der Waals surface area contributed by atoms with E-state index in [0.29, 0.717) is 15.6 Å². The number of halogens is 4. The monoisotopic (exact) mass is 397 g/mol. The van der Waals surface area contributed by atoms with Crippen molar-refractivity contribution in [3.63, 3.8) is 0 Å². The molecule has 144 valence electrons. The van der Waals surface area contributed by atoms with E-state index < -0.39 is 29.5 Å². The van der Waals surface area contributed by atoms with E-state index in [-0.39, 0.29) is 12.6 Å². The van der Waals surface area contributed by atoms with Gasteiger partial charge >= 0.3 is 0 Å². The number of carbonyl (C=O) groups excluding carboxylic acids is 1. The van der Waals surface area contributed by atoms with Gasteiger partial charge in [0.05, 0.1) is 0 Å². The van der Waals surface area contributed by atoms with Gasteiger partial charge in [-0.05, 0) is 54.9 Å². The lowest BCUT2D eigenvalue weighted by Gasteiger charge is -2.24. The van der Waals surface area contributed by atoms with Gasteiger partial charge in [0.1, 0.15) is 11.3 Å². The average Bonchev–Trinajstić information content (AvgIpc) is 3.52. The molecule has 0 spiro atoms. The Morgan fingerprint density at radius 2 is 2.04 bits per heavy atom. The van der Waals surface area contributed by atoms with Crippen LogP contribution in [0.4, 0.5) is 13.2 Å². The first-order valence-corrected chi connectivity index (χ1v) is 9.34.